The van der Waals surface area contributed by atoms with Crippen molar-refractivity contribution < 1.29 is 4.74 Å². The summed E-state index contributed by atoms with van der Waals surface area (Å²) < 4.78 is 5.43. The topological polar surface area (TPSA) is 24.5 Å². The Labute approximate surface area is 109 Å². The Hall–Kier alpha value is -1.22. The van der Waals surface area contributed by atoms with Crippen molar-refractivity contribution in [3.63, 3.8) is 0 Å². The second-order valence-corrected chi connectivity index (χ2v) is 5.71. The van der Waals surface area contributed by atoms with Crippen LogP contribution in [0.15, 0.2) is 12.1 Å². The SMILES string of the molecule is COc1cc(C)c2c(c1)C1CN(C)CCC1CN2. The van der Waals surface area contributed by atoms with E-state index in [1.807, 2.05) is 0 Å². The summed E-state index contributed by atoms with van der Waals surface area (Å²) in [5, 5.41) is 3.62. The maximum atomic E-state index is 5.43. The van der Waals surface area contributed by atoms with Gasteiger partial charge in [0, 0.05) is 24.7 Å². The van der Waals surface area contributed by atoms with Crippen LogP contribution in [0.5, 0.6) is 5.75 Å². The first kappa shape index (κ1) is 11.8. The van der Waals surface area contributed by atoms with Gasteiger partial charge in [-0.15, -0.1) is 0 Å². The summed E-state index contributed by atoms with van der Waals surface area (Å²) in [5.41, 5.74) is 4.10. The zero-order valence-electron chi connectivity index (χ0n) is 11.5. The van der Waals surface area contributed by atoms with Gasteiger partial charge in [0.05, 0.1) is 7.11 Å². The van der Waals surface area contributed by atoms with E-state index < -0.39 is 0 Å². The van der Waals surface area contributed by atoms with Crippen LogP contribution in [0, 0.1) is 12.8 Å². The number of nitrogens with one attached hydrogen (secondary N) is 1. The van der Waals surface area contributed by atoms with Crippen molar-refractivity contribution in [1.82, 2.24) is 4.90 Å². The molecule has 0 bridgehead atoms. The van der Waals surface area contributed by atoms with E-state index in [2.05, 4.69) is 36.3 Å². The molecular formula is C15H22N2O. The largest absolute Gasteiger partial charge is 0.497 e. The first-order chi connectivity index (χ1) is 8.69. The molecule has 0 aliphatic carbocycles. The van der Waals surface area contributed by atoms with Crippen LogP contribution >= 0.6 is 0 Å². The average Bonchev–Trinajstić information content (AvgIpc) is 2.38. The van der Waals surface area contributed by atoms with Crippen molar-refractivity contribution in [3.05, 3.63) is 23.3 Å². The van der Waals surface area contributed by atoms with Gasteiger partial charge in [-0.3, -0.25) is 0 Å². The Bertz CT molecular complexity index is 458. The number of piperidine rings is 1. The van der Waals surface area contributed by atoms with Gasteiger partial charge in [-0.2, -0.15) is 0 Å². The molecule has 0 saturated carbocycles. The molecule has 3 rings (SSSR count). The highest BCUT2D eigenvalue weighted by Crippen LogP contribution is 2.42. The Morgan fingerprint density at radius 3 is 3.00 bits per heavy atom. The molecular weight excluding hydrogens is 224 g/mol. The summed E-state index contributed by atoms with van der Waals surface area (Å²) in [7, 11) is 3.98. The molecule has 2 heterocycles. The predicted molar refractivity (Wildman–Crippen MR) is 74.6 cm³/mol. The number of fused-ring (bicyclic) bond motifs is 3. The summed E-state index contributed by atoms with van der Waals surface area (Å²) in [5.74, 6) is 2.43. The molecule has 2 unspecified atom stereocenters. The van der Waals surface area contributed by atoms with Crippen LogP contribution in [-0.4, -0.2) is 38.7 Å². The van der Waals surface area contributed by atoms with E-state index in [0.29, 0.717) is 5.92 Å². The Kier molecular flexibility index (Phi) is 2.94. The normalized spacial score (nSPS) is 27.1. The van der Waals surface area contributed by atoms with Crippen molar-refractivity contribution in [2.45, 2.75) is 19.3 Å². The molecule has 1 fully saturated rings. The molecule has 3 nitrogen and oxygen atoms in total. The Balaban J connectivity index is 2.03. The highest BCUT2D eigenvalue weighted by molar-refractivity contribution is 5.63. The van der Waals surface area contributed by atoms with Crippen LogP contribution in [0.1, 0.15) is 23.5 Å². The highest BCUT2D eigenvalue weighted by atomic mass is 16.5. The fraction of sp³-hybridized carbons (Fsp3) is 0.600. The number of benzene rings is 1. The fourth-order valence-electron chi connectivity index (χ4n) is 3.43. The van der Waals surface area contributed by atoms with E-state index in [0.717, 1.165) is 18.2 Å². The second kappa shape index (κ2) is 4.47. The minimum atomic E-state index is 0.661. The van der Waals surface area contributed by atoms with Gasteiger partial charge in [-0.1, -0.05) is 0 Å². The number of hydrogen-bond acceptors (Lipinski definition) is 3. The van der Waals surface area contributed by atoms with Crippen molar-refractivity contribution in [2.75, 3.05) is 39.1 Å². The molecule has 0 spiro atoms. The van der Waals surface area contributed by atoms with Crippen LogP contribution in [0.4, 0.5) is 5.69 Å². The lowest BCUT2D eigenvalue weighted by molar-refractivity contribution is 0.191. The minimum absolute atomic E-state index is 0.661. The van der Waals surface area contributed by atoms with Crippen LogP contribution in [0.2, 0.25) is 0 Å². The summed E-state index contributed by atoms with van der Waals surface area (Å²) >= 11 is 0. The summed E-state index contributed by atoms with van der Waals surface area (Å²) in [6.45, 7) is 5.69. The zero-order chi connectivity index (χ0) is 12.7. The maximum Gasteiger partial charge on any atom is 0.119 e. The molecule has 1 saturated heterocycles. The Morgan fingerprint density at radius 2 is 2.22 bits per heavy atom. The van der Waals surface area contributed by atoms with Crippen molar-refractivity contribution in [3.8, 4) is 5.75 Å². The molecule has 1 aromatic carbocycles. The van der Waals surface area contributed by atoms with Gasteiger partial charge in [0.1, 0.15) is 5.75 Å². The van der Waals surface area contributed by atoms with E-state index in [-0.39, 0.29) is 0 Å². The summed E-state index contributed by atoms with van der Waals surface area (Å²) in [6.07, 6.45) is 1.30. The third-order valence-electron chi connectivity index (χ3n) is 4.47. The highest BCUT2D eigenvalue weighted by Gasteiger charge is 2.34. The first-order valence-electron chi connectivity index (χ1n) is 6.80. The van der Waals surface area contributed by atoms with E-state index in [1.165, 1.54) is 36.3 Å². The molecule has 18 heavy (non-hydrogen) atoms. The van der Waals surface area contributed by atoms with Gasteiger partial charge in [0.15, 0.2) is 0 Å². The van der Waals surface area contributed by atoms with Gasteiger partial charge >= 0.3 is 0 Å². The lowest BCUT2D eigenvalue weighted by Crippen LogP contribution is -2.42. The van der Waals surface area contributed by atoms with Crippen molar-refractivity contribution in [1.29, 1.82) is 0 Å². The molecule has 3 heteroatoms. The number of likely N-dealkylation sites (tertiary alicyclic amines) is 1. The van der Waals surface area contributed by atoms with Crippen LogP contribution in [0.3, 0.4) is 0 Å². The molecule has 2 aliphatic heterocycles. The zero-order valence-corrected chi connectivity index (χ0v) is 11.5. The van der Waals surface area contributed by atoms with Crippen LogP contribution in [0.25, 0.3) is 0 Å². The average molecular weight is 246 g/mol. The van der Waals surface area contributed by atoms with Crippen LogP contribution < -0.4 is 10.1 Å². The summed E-state index contributed by atoms with van der Waals surface area (Å²) in [4.78, 5) is 2.45. The minimum Gasteiger partial charge on any atom is -0.497 e. The smallest absolute Gasteiger partial charge is 0.119 e. The third-order valence-corrected chi connectivity index (χ3v) is 4.47. The van der Waals surface area contributed by atoms with E-state index in [4.69, 9.17) is 4.74 Å². The number of hydrogen-bond donors (Lipinski definition) is 1. The number of rotatable bonds is 1. The predicted octanol–water partition coefficient (Wildman–Crippen LogP) is 2.46. The lowest BCUT2D eigenvalue weighted by atomic mass is 9.77. The number of aryl methyl sites for hydroxylation is 1. The number of methoxy groups -OCH3 is 1. The quantitative estimate of drug-likeness (QED) is 0.824. The van der Waals surface area contributed by atoms with Crippen LogP contribution in [-0.2, 0) is 0 Å². The standard InChI is InChI=1S/C15H22N2O/c1-10-6-12(18-3)7-13-14-9-17(2)5-4-11(14)8-16-15(10)13/h6-7,11,14,16H,4-5,8-9H2,1-3H3. The molecule has 1 N–H and O–H groups in total. The van der Waals surface area contributed by atoms with E-state index in [1.54, 1.807) is 7.11 Å². The molecule has 1 aromatic rings. The first-order valence-corrected chi connectivity index (χ1v) is 6.80. The number of ether oxygens (including phenoxy) is 1. The molecule has 98 valence electrons. The number of anilines is 1. The number of likely N-dealkylation sites (N-methyl/N-ethyl adjacent to an activating group) is 1. The molecule has 0 radical (unpaired) electrons. The third kappa shape index (κ3) is 1.87. The molecule has 2 aliphatic rings. The van der Waals surface area contributed by atoms with Gasteiger partial charge in [-0.25, -0.2) is 0 Å². The lowest BCUT2D eigenvalue weighted by Gasteiger charge is -2.42. The molecule has 0 amide bonds. The monoisotopic (exact) mass is 246 g/mol. The number of nitrogens with zero attached hydrogens (tertiary/aromatic N) is 1. The molecule has 2 atom stereocenters. The maximum absolute atomic E-state index is 5.43. The van der Waals surface area contributed by atoms with Crippen molar-refractivity contribution >= 4 is 5.69 Å². The van der Waals surface area contributed by atoms with Gasteiger partial charge in [0.25, 0.3) is 0 Å². The van der Waals surface area contributed by atoms with E-state index in [9.17, 15) is 0 Å². The summed E-state index contributed by atoms with van der Waals surface area (Å²) in [6, 6.07) is 4.35. The van der Waals surface area contributed by atoms with E-state index >= 15 is 0 Å². The van der Waals surface area contributed by atoms with Gasteiger partial charge in [0.2, 0.25) is 0 Å². The van der Waals surface area contributed by atoms with Gasteiger partial charge < -0.3 is 15.0 Å². The molecule has 0 aromatic heterocycles. The van der Waals surface area contributed by atoms with Gasteiger partial charge in [-0.05, 0) is 56.1 Å². The Morgan fingerprint density at radius 1 is 1.39 bits per heavy atom. The fourth-order valence-corrected chi connectivity index (χ4v) is 3.43. The second-order valence-electron chi connectivity index (χ2n) is 5.71. The van der Waals surface area contributed by atoms with Crippen molar-refractivity contribution in [2.24, 2.45) is 5.92 Å².